The Kier molecular flexibility index (Phi) is 3.17. The molecule has 0 bridgehead atoms. The van der Waals surface area contributed by atoms with E-state index in [1.807, 2.05) is 0 Å². The number of imide groups is 4. The van der Waals surface area contributed by atoms with Gasteiger partial charge in [0, 0.05) is 30.6 Å². The van der Waals surface area contributed by atoms with Crippen LogP contribution in [0.4, 0.5) is 5.69 Å². The smallest absolute Gasteiger partial charge is 0.267 e. The predicted molar refractivity (Wildman–Crippen MR) is 73.5 cm³/mol. The monoisotopic (exact) mass is 298 g/mol. The largest absolute Gasteiger partial charge is 0.274 e. The van der Waals surface area contributed by atoms with Crippen molar-refractivity contribution in [3.8, 4) is 0 Å². The molecular weight excluding hydrogens is 288 g/mol. The summed E-state index contributed by atoms with van der Waals surface area (Å²) in [6, 6.07) is 5.70. The van der Waals surface area contributed by atoms with Gasteiger partial charge in [0.1, 0.15) is 0 Å². The number of carbonyl (C=O) groups is 5. The molecule has 0 saturated carbocycles. The first-order valence-corrected chi connectivity index (χ1v) is 6.55. The summed E-state index contributed by atoms with van der Waals surface area (Å²) >= 11 is 0. The van der Waals surface area contributed by atoms with Crippen LogP contribution in [-0.2, 0) is 19.2 Å². The fraction of sp³-hybridized carbons (Fsp3) is 0.133. The highest BCUT2D eigenvalue weighted by atomic mass is 16.2. The van der Waals surface area contributed by atoms with Gasteiger partial charge in [0.15, 0.2) is 0 Å². The van der Waals surface area contributed by atoms with Gasteiger partial charge in [0.2, 0.25) is 11.8 Å². The second-order valence-electron chi connectivity index (χ2n) is 4.82. The summed E-state index contributed by atoms with van der Waals surface area (Å²) in [5.41, 5.74) is 0.276. The number of amides is 5. The number of hydrogen-bond donors (Lipinski definition) is 0. The molecule has 2 aliphatic heterocycles. The predicted octanol–water partition coefficient (Wildman–Crippen LogP) is 0.405. The van der Waals surface area contributed by atoms with Gasteiger partial charge in [-0.25, -0.2) is 9.80 Å². The minimum atomic E-state index is -0.749. The molecule has 1 aromatic carbocycles. The Morgan fingerprint density at radius 1 is 0.909 bits per heavy atom. The summed E-state index contributed by atoms with van der Waals surface area (Å²) < 4.78 is 0. The average Bonchev–Trinajstić information content (AvgIpc) is 3.01. The van der Waals surface area contributed by atoms with Gasteiger partial charge in [-0.05, 0) is 18.2 Å². The van der Waals surface area contributed by atoms with Crippen LogP contribution in [0, 0.1) is 0 Å². The summed E-state index contributed by atoms with van der Waals surface area (Å²) in [5, 5.41) is 0. The highest BCUT2D eigenvalue weighted by Gasteiger charge is 2.35. The van der Waals surface area contributed by atoms with Crippen molar-refractivity contribution in [1.29, 1.82) is 0 Å². The van der Waals surface area contributed by atoms with E-state index in [2.05, 4.69) is 0 Å². The molecule has 22 heavy (non-hydrogen) atoms. The first kappa shape index (κ1) is 13.9. The van der Waals surface area contributed by atoms with Gasteiger partial charge in [-0.1, -0.05) is 6.07 Å². The van der Waals surface area contributed by atoms with Gasteiger partial charge in [0.25, 0.3) is 17.7 Å². The molecule has 0 unspecified atom stereocenters. The van der Waals surface area contributed by atoms with E-state index in [4.69, 9.17) is 0 Å². The van der Waals surface area contributed by atoms with Crippen molar-refractivity contribution in [1.82, 2.24) is 4.90 Å². The van der Waals surface area contributed by atoms with Crippen LogP contribution in [0.15, 0.2) is 36.4 Å². The van der Waals surface area contributed by atoms with E-state index >= 15 is 0 Å². The first-order chi connectivity index (χ1) is 10.5. The van der Waals surface area contributed by atoms with Crippen molar-refractivity contribution in [2.45, 2.75) is 12.8 Å². The van der Waals surface area contributed by atoms with Crippen LogP contribution in [0.25, 0.3) is 0 Å². The molecule has 5 amide bonds. The fourth-order valence-electron chi connectivity index (χ4n) is 2.36. The molecule has 3 rings (SSSR count). The van der Waals surface area contributed by atoms with Gasteiger partial charge in [-0.3, -0.25) is 24.0 Å². The summed E-state index contributed by atoms with van der Waals surface area (Å²) in [4.78, 5) is 60.3. The molecule has 1 saturated heterocycles. The zero-order chi connectivity index (χ0) is 15.9. The molecule has 7 nitrogen and oxygen atoms in total. The molecule has 1 aromatic rings. The third-order valence-electron chi connectivity index (χ3n) is 3.42. The Morgan fingerprint density at radius 3 is 2.09 bits per heavy atom. The van der Waals surface area contributed by atoms with E-state index in [0.29, 0.717) is 4.90 Å². The van der Waals surface area contributed by atoms with Crippen LogP contribution >= 0.6 is 0 Å². The molecule has 0 spiro atoms. The topological polar surface area (TPSA) is 91.8 Å². The Morgan fingerprint density at radius 2 is 1.50 bits per heavy atom. The lowest BCUT2D eigenvalue weighted by molar-refractivity contribution is -0.135. The SMILES string of the molecule is O=C1CCC(=O)N1C(=O)c1cccc(N2C(=O)C=CC2=O)c1. The standard InChI is InChI=1S/C15H10N2O5/c18-11-4-5-12(19)16(11)10-3-1-2-9(8-10)15(22)17-13(20)6-7-14(17)21/h1-5,8H,6-7H2. The Bertz CT molecular complexity index is 731. The minimum Gasteiger partial charge on any atom is -0.274 e. The maximum absolute atomic E-state index is 12.3. The zero-order valence-corrected chi connectivity index (χ0v) is 11.3. The maximum Gasteiger partial charge on any atom is 0.267 e. The molecule has 0 aromatic heterocycles. The fourth-order valence-corrected chi connectivity index (χ4v) is 2.36. The van der Waals surface area contributed by atoms with Crippen molar-refractivity contribution in [2.24, 2.45) is 0 Å². The molecule has 0 N–H and O–H groups in total. The maximum atomic E-state index is 12.3. The van der Waals surface area contributed by atoms with Gasteiger partial charge < -0.3 is 0 Å². The highest BCUT2D eigenvalue weighted by molar-refractivity contribution is 6.28. The first-order valence-electron chi connectivity index (χ1n) is 6.55. The van der Waals surface area contributed by atoms with Crippen LogP contribution in [0.2, 0.25) is 0 Å². The molecule has 0 radical (unpaired) electrons. The van der Waals surface area contributed by atoms with Crippen LogP contribution in [0.1, 0.15) is 23.2 Å². The number of benzene rings is 1. The van der Waals surface area contributed by atoms with Gasteiger partial charge in [0.05, 0.1) is 5.69 Å². The average molecular weight is 298 g/mol. The number of rotatable bonds is 2. The summed E-state index contributed by atoms with van der Waals surface area (Å²) in [6.45, 7) is 0. The molecule has 0 atom stereocenters. The molecular formula is C15H10N2O5. The van der Waals surface area contributed by atoms with Gasteiger partial charge in [-0.2, -0.15) is 0 Å². The number of nitrogens with zero attached hydrogens (tertiary/aromatic N) is 2. The normalized spacial score (nSPS) is 17.8. The van der Waals surface area contributed by atoms with Gasteiger partial charge >= 0.3 is 0 Å². The summed E-state index contributed by atoms with van der Waals surface area (Å²) in [7, 11) is 0. The number of hydrogen-bond acceptors (Lipinski definition) is 5. The zero-order valence-electron chi connectivity index (χ0n) is 11.3. The summed E-state index contributed by atoms with van der Waals surface area (Å²) in [5.74, 6) is -2.86. The van der Waals surface area contributed by atoms with Crippen molar-refractivity contribution >= 4 is 35.2 Å². The van der Waals surface area contributed by atoms with Crippen LogP contribution in [0.5, 0.6) is 0 Å². The third-order valence-corrected chi connectivity index (χ3v) is 3.42. The van der Waals surface area contributed by atoms with E-state index in [9.17, 15) is 24.0 Å². The lowest BCUT2D eigenvalue weighted by Gasteiger charge is -2.16. The quantitative estimate of drug-likeness (QED) is 0.737. The molecule has 1 fully saturated rings. The van der Waals surface area contributed by atoms with E-state index in [0.717, 1.165) is 17.1 Å². The van der Waals surface area contributed by atoms with Gasteiger partial charge in [-0.15, -0.1) is 0 Å². The van der Waals surface area contributed by atoms with E-state index in [-0.39, 0.29) is 24.1 Å². The second-order valence-corrected chi connectivity index (χ2v) is 4.82. The molecule has 2 aliphatic rings. The van der Waals surface area contributed by atoms with Crippen LogP contribution in [0.3, 0.4) is 0 Å². The molecule has 7 heteroatoms. The lowest BCUT2D eigenvalue weighted by Crippen LogP contribution is -2.36. The number of anilines is 1. The van der Waals surface area contributed by atoms with E-state index in [1.165, 1.54) is 24.3 Å². The lowest BCUT2D eigenvalue weighted by atomic mass is 10.1. The Labute approximate surface area is 124 Å². The van der Waals surface area contributed by atoms with Crippen molar-refractivity contribution < 1.29 is 24.0 Å². The van der Waals surface area contributed by atoms with Crippen molar-refractivity contribution in [3.05, 3.63) is 42.0 Å². The second kappa shape index (κ2) is 5.03. The molecule has 2 heterocycles. The molecule has 110 valence electrons. The Balaban J connectivity index is 1.93. The van der Waals surface area contributed by atoms with E-state index in [1.54, 1.807) is 0 Å². The van der Waals surface area contributed by atoms with Crippen molar-refractivity contribution in [3.63, 3.8) is 0 Å². The highest BCUT2D eigenvalue weighted by Crippen LogP contribution is 2.22. The summed E-state index contributed by atoms with van der Waals surface area (Å²) in [6.07, 6.45) is 2.28. The number of carbonyl (C=O) groups excluding carboxylic acids is 5. The Hall–Kier alpha value is -3.09. The van der Waals surface area contributed by atoms with Crippen LogP contribution in [-0.4, -0.2) is 34.4 Å². The molecule has 0 aliphatic carbocycles. The van der Waals surface area contributed by atoms with Crippen LogP contribution < -0.4 is 4.90 Å². The van der Waals surface area contributed by atoms with E-state index < -0.39 is 29.5 Å². The number of likely N-dealkylation sites (tertiary alicyclic amines) is 1. The minimum absolute atomic E-state index is 0.0112. The van der Waals surface area contributed by atoms with Crippen molar-refractivity contribution in [2.75, 3.05) is 4.90 Å². The third kappa shape index (κ3) is 2.12.